The second-order valence-electron chi connectivity index (χ2n) is 9.22. The van der Waals surface area contributed by atoms with Gasteiger partial charge >= 0.3 is 11.9 Å². The maximum absolute atomic E-state index is 14.5. The van der Waals surface area contributed by atoms with E-state index in [4.69, 9.17) is 9.47 Å². The number of hydrogen-bond acceptors (Lipinski definition) is 4. The fraction of sp³-hybridized carbons (Fsp3) is 0.259. The molecule has 174 valence electrons. The maximum atomic E-state index is 14.5. The number of carbonyl (C=O) groups is 2. The Balaban J connectivity index is 1.45. The number of nitrogens with zero attached hydrogens (tertiary/aromatic N) is 1. The zero-order valence-corrected chi connectivity index (χ0v) is 19.2. The van der Waals surface area contributed by atoms with Gasteiger partial charge in [-0.3, -0.25) is 0 Å². The van der Waals surface area contributed by atoms with Gasteiger partial charge in [0, 0.05) is 11.1 Å². The van der Waals surface area contributed by atoms with Crippen LogP contribution in [0.15, 0.2) is 54.6 Å². The number of halogens is 1. The lowest BCUT2D eigenvalue weighted by molar-refractivity contribution is -0.758. The predicted octanol–water partition coefficient (Wildman–Crippen LogP) is 5.18. The van der Waals surface area contributed by atoms with Gasteiger partial charge in [-0.15, -0.1) is 0 Å². The summed E-state index contributed by atoms with van der Waals surface area (Å²) in [5.41, 5.74) is 3.01. The van der Waals surface area contributed by atoms with Gasteiger partial charge < -0.3 is 14.6 Å². The molecule has 34 heavy (non-hydrogen) atoms. The van der Waals surface area contributed by atoms with Crippen molar-refractivity contribution in [2.75, 3.05) is 6.54 Å². The smallest absolute Gasteiger partial charge is 0.349 e. The molecule has 0 bridgehead atoms. The van der Waals surface area contributed by atoms with Crippen molar-refractivity contribution in [1.82, 2.24) is 0 Å². The van der Waals surface area contributed by atoms with E-state index in [9.17, 15) is 19.1 Å². The number of fused-ring (bicyclic) bond motifs is 2. The minimum Gasteiger partial charge on any atom is -0.491 e. The minimum absolute atomic E-state index is 0.00965. The fourth-order valence-corrected chi connectivity index (χ4v) is 4.60. The van der Waals surface area contributed by atoms with Crippen LogP contribution < -0.4 is 9.47 Å². The number of rotatable bonds is 5. The lowest BCUT2D eigenvalue weighted by Gasteiger charge is -2.25. The van der Waals surface area contributed by atoms with Gasteiger partial charge in [0.05, 0.1) is 17.2 Å². The first kappa shape index (κ1) is 22.1. The van der Waals surface area contributed by atoms with Crippen LogP contribution in [0.5, 0.6) is 11.5 Å². The van der Waals surface area contributed by atoms with Gasteiger partial charge in [0.1, 0.15) is 23.9 Å². The summed E-state index contributed by atoms with van der Waals surface area (Å²) in [6.45, 7) is 6.79. The predicted molar refractivity (Wildman–Crippen MR) is 123 cm³/mol. The molecular weight excluding hydrogens is 437 g/mol. The number of ether oxygens (including phenoxy) is 2. The van der Waals surface area contributed by atoms with Gasteiger partial charge in [-0.05, 0) is 80.4 Å². The van der Waals surface area contributed by atoms with E-state index in [1.165, 1.54) is 12.1 Å². The number of benzene rings is 3. The normalized spacial score (nSPS) is 20.2. The summed E-state index contributed by atoms with van der Waals surface area (Å²) in [6.07, 6.45) is -0.203. The highest BCUT2D eigenvalue weighted by molar-refractivity contribution is 5.92. The molecule has 1 fully saturated rings. The molecule has 0 aromatic heterocycles. The number of quaternary nitrogens is 1. The minimum atomic E-state index is -1.12. The number of carboxylic acids is 1. The maximum Gasteiger partial charge on any atom is 0.349 e. The molecule has 2 aliphatic rings. The van der Waals surface area contributed by atoms with Crippen molar-refractivity contribution in [3.8, 4) is 22.6 Å². The molecule has 5 rings (SSSR count). The zero-order valence-electron chi connectivity index (χ0n) is 19.2. The third kappa shape index (κ3) is 3.72. The van der Waals surface area contributed by atoms with Crippen LogP contribution in [-0.2, 0) is 6.54 Å². The summed E-state index contributed by atoms with van der Waals surface area (Å²) in [6, 6.07) is 14.5. The first-order valence-corrected chi connectivity index (χ1v) is 11.2. The summed E-state index contributed by atoms with van der Waals surface area (Å²) in [5, 5.41) is 9.27. The van der Waals surface area contributed by atoms with E-state index in [0.29, 0.717) is 30.0 Å². The molecule has 0 radical (unpaired) electrons. The van der Waals surface area contributed by atoms with Gasteiger partial charge in [-0.2, -0.15) is 0 Å². The van der Waals surface area contributed by atoms with Crippen LogP contribution in [0.4, 0.5) is 4.39 Å². The van der Waals surface area contributed by atoms with Crippen molar-refractivity contribution in [2.45, 2.75) is 39.6 Å². The molecule has 2 atom stereocenters. The number of hydrogen-bond donors (Lipinski definition) is 1. The SMILES string of the molecule is Cc1cc(OC(C)C)ccc1C(=O)[N+]12Cc3cc(-c4cc(C(=O)O)ccc4F)ccc3OC1C2. The third-order valence-electron chi connectivity index (χ3n) is 6.40. The Morgan fingerprint density at radius 2 is 1.91 bits per heavy atom. The molecule has 0 aliphatic carbocycles. The molecule has 0 spiro atoms. The highest BCUT2D eigenvalue weighted by atomic mass is 19.1. The Morgan fingerprint density at radius 3 is 2.62 bits per heavy atom. The number of amides is 1. The third-order valence-corrected chi connectivity index (χ3v) is 6.40. The van der Waals surface area contributed by atoms with E-state index in [1.807, 2.05) is 32.9 Å². The van der Waals surface area contributed by atoms with Crippen LogP contribution >= 0.6 is 0 Å². The molecule has 1 N–H and O–H groups in total. The van der Waals surface area contributed by atoms with E-state index in [0.717, 1.165) is 22.9 Å². The van der Waals surface area contributed by atoms with E-state index >= 15 is 0 Å². The first-order valence-electron chi connectivity index (χ1n) is 11.2. The molecule has 2 unspecified atom stereocenters. The Bertz CT molecular complexity index is 1330. The summed E-state index contributed by atoms with van der Waals surface area (Å²) in [7, 11) is 0. The van der Waals surface area contributed by atoms with Crippen LogP contribution in [0, 0.1) is 12.7 Å². The second kappa shape index (κ2) is 7.95. The van der Waals surface area contributed by atoms with Gasteiger partial charge in [0.2, 0.25) is 0 Å². The first-order chi connectivity index (χ1) is 16.2. The van der Waals surface area contributed by atoms with Gasteiger partial charge in [0.25, 0.3) is 6.23 Å². The highest BCUT2D eigenvalue weighted by Crippen LogP contribution is 2.46. The Hall–Kier alpha value is -3.71. The van der Waals surface area contributed by atoms with Crippen LogP contribution in [0.1, 0.15) is 45.7 Å². The highest BCUT2D eigenvalue weighted by Gasteiger charge is 2.66. The lowest BCUT2D eigenvalue weighted by atomic mass is 9.99. The summed E-state index contributed by atoms with van der Waals surface area (Å²) in [4.78, 5) is 24.9. The quantitative estimate of drug-likeness (QED) is 0.418. The standard InChI is InChI=1S/C27H24FNO5/c1-15(2)33-20-6-7-21(16(3)10-20)26(30)29-13-19-11-17(5-9-24(19)34-25(29)14-29)22-12-18(27(31)32)4-8-23(22)28/h4-12,15,25H,13-14H2,1-3H3/p+1. The molecule has 3 aromatic carbocycles. The molecular formula is C27H25FNO5+. The summed E-state index contributed by atoms with van der Waals surface area (Å²) >= 11 is 0. The molecule has 7 heteroatoms. The van der Waals surface area contributed by atoms with Crippen molar-refractivity contribution < 1.29 is 33.0 Å². The molecule has 2 aliphatic heterocycles. The Labute approximate surface area is 196 Å². The molecule has 1 amide bonds. The molecule has 2 heterocycles. The Morgan fingerprint density at radius 1 is 1.12 bits per heavy atom. The summed E-state index contributed by atoms with van der Waals surface area (Å²) in [5.74, 6) is -0.258. The molecule has 6 nitrogen and oxygen atoms in total. The number of carboxylic acid groups (broad SMARTS) is 1. The van der Waals surface area contributed by atoms with Crippen molar-refractivity contribution in [3.63, 3.8) is 0 Å². The monoisotopic (exact) mass is 462 g/mol. The molecule has 1 saturated heterocycles. The van der Waals surface area contributed by atoms with E-state index < -0.39 is 11.8 Å². The largest absolute Gasteiger partial charge is 0.491 e. The van der Waals surface area contributed by atoms with Crippen LogP contribution in [0.25, 0.3) is 11.1 Å². The molecule has 3 aromatic rings. The van der Waals surface area contributed by atoms with Crippen molar-refractivity contribution in [1.29, 1.82) is 0 Å². The topological polar surface area (TPSA) is 72.8 Å². The average Bonchev–Trinajstić information content (AvgIpc) is 3.51. The lowest BCUT2D eigenvalue weighted by Crippen LogP contribution is -2.40. The number of carbonyl (C=O) groups excluding carboxylic acids is 1. The zero-order chi connectivity index (χ0) is 24.2. The van der Waals surface area contributed by atoms with Crippen molar-refractivity contribution in [3.05, 3.63) is 82.7 Å². The van der Waals surface area contributed by atoms with E-state index in [-0.39, 0.29) is 33.8 Å². The van der Waals surface area contributed by atoms with Crippen LogP contribution in [-0.4, -0.2) is 40.3 Å². The van der Waals surface area contributed by atoms with E-state index in [1.54, 1.807) is 24.3 Å². The van der Waals surface area contributed by atoms with Crippen molar-refractivity contribution in [2.24, 2.45) is 0 Å². The van der Waals surface area contributed by atoms with Crippen LogP contribution in [0.3, 0.4) is 0 Å². The van der Waals surface area contributed by atoms with Gasteiger partial charge in [0.15, 0.2) is 6.54 Å². The fourth-order valence-electron chi connectivity index (χ4n) is 4.60. The van der Waals surface area contributed by atoms with E-state index in [2.05, 4.69) is 0 Å². The van der Waals surface area contributed by atoms with Crippen molar-refractivity contribution >= 4 is 11.9 Å². The Kier molecular flexibility index (Phi) is 5.17. The second-order valence-corrected chi connectivity index (χ2v) is 9.22. The van der Waals surface area contributed by atoms with Crippen LogP contribution in [0.2, 0.25) is 0 Å². The number of aromatic carboxylic acids is 1. The van der Waals surface area contributed by atoms with Gasteiger partial charge in [-0.1, -0.05) is 6.07 Å². The number of aryl methyl sites for hydroxylation is 1. The molecule has 0 saturated carbocycles. The average molecular weight is 462 g/mol. The van der Waals surface area contributed by atoms with Gasteiger partial charge in [-0.25, -0.2) is 18.5 Å². The summed E-state index contributed by atoms with van der Waals surface area (Å²) < 4.78 is 26.5.